The number of aromatic nitrogens is 3. The summed E-state index contributed by atoms with van der Waals surface area (Å²) in [6.45, 7) is 3.37. The summed E-state index contributed by atoms with van der Waals surface area (Å²) in [6.07, 6.45) is 5.46. The quantitative estimate of drug-likeness (QED) is 0.718. The molecule has 5 nitrogen and oxygen atoms in total. The van der Waals surface area contributed by atoms with E-state index in [1.165, 1.54) is 5.56 Å². The van der Waals surface area contributed by atoms with Gasteiger partial charge in [0.15, 0.2) is 5.65 Å². The van der Waals surface area contributed by atoms with Crippen LogP contribution in [-0.2, 0) is 6.42 Å². The van der Waals surface area contributed by atoms with Crippen LogP contribution in [0.4, 0.5) is 0 Å². The van der Waals surface area contributed by atoms with Gasteiger partial charge in [-0.05, 0) is 62.2 Å². The van der Waals surface area contributed by atoms with Crippen molar-refractivity contribution >= 4 is 5.65 Å². The van der Waals surface area contributed by atoms with Gasteiger partial charge < -0.3 is 9.64 Å². The highest BCUT2D eigenvalue weighted by molar-refractivity contribution is 5.37. The third kappa shape index (κ3) is 3.51. The Morgan fingerprint density at radius 3 is 2.60 bits per heavy atom. The van der Waals surface area contributed by atoms with Gasteiger partial charge in [-0.2, -0.15) is 0 Å². The summed E-state index contributed by atoms with van der Waals surface area (Å²) in [5, 5.41) is 8.73. The van der Waals surface area contributed by atoms with Crippen molar-refractivity contribution in [2.24, 2.45) is 0 Å². The molecule has 0 saturated carbocycles. The average molecular weight is 336 g/mol. The van der Waals surface area contributed by atoms with Gasteiger partial charge in [0, 0.05) is 18.7 Å². The molecule has 1 aliphatic rings. The molecule has 2 aromatic heterocycles. The van der Waals surface area contributed by atoms with Crippen LogP contribution in [0.5, 0.6) is 5.75 Å². The minimum absolute atomic E-state index is 0.509. The summed E-state index contributed by atoms with van der Waals surface area (Å²) >= 11 is 0. The largest absolute Gasteiger partial charge is 0.497 e. The number of piperidine rings is 1. The standard InChI is InChI=1S/C20H24N4O/c1-25-18-7-5-16(6-8-18)9-13-23-14-10-17(11-15-23)20-22-21-19-4-2-3-12-24(19)20/h2-8,12,17H,9-11,13-15H2,1H3. The maximum absolute atomic E-state index is 5.22. The molecule has 0 spiro atoms. The maximum Gasteiger partial charge on any atom is 0.160 e. The van der Waals surface area contributed by atoms with Gasteiger partial charge in [-0.25, -0.2) is 0 Å². The zero-order valence-corrected chi connectivity index (χ0v) is 14.6. The predicted molar refractivity (Wildman–Crippen MR) is 98.1 cm³/mol. The fourth-order valence-corrected chi connectivity index (χ4v) is 3.63. The Morgan fingerprint density at radius 1 is 1.04 bits per heavy atom. The van der Waals surface area contributed by atoms with Crippen LogP contribution in [0.25, 0.3) is 5.65 Å². The first kappa shape index (κ1) is 16.1. The van der Waals surface area contributed by atoms with E-state index in [9.17, 15) is 0 Å². The summed E-state index contributed by atoms with van der Waals surface area (Å²) < 4.78 is 7.35. The van der Waals surface area contributed by atoms with Crippen LogP contribution in [-0.4, -0.2) is 46.2 Å². The van der Waals surface area contributed by atoms with Gasteiger partial charge >= 0.3 is 0 Å². The van der Waals surface area contributed by atoms with Gasteiger partial charge in [0.05, 0.1) is 7.11 Å². The highest BCUT2D eigenvalue weighted by Crippen LogP contribution is 2.27. The molecule has 3 aromatic rings. The Kier molecular flexibility index (Phi) is 4.65. The Morgan fingerprint density at radius 2 is 1.84 bits per heavy atom. The number of pyridine rings is 1. The van der Waals surface area contributed by atoms with E-state index in [4.69, 9.17) is 4.74 Å². The van der Waals surface area contributed by atoms with Gasteiger partial charge in [-0.1, -0.05) is 18.2 Å². The Hall–Kier alpha value is -2.40. The number of methoxy groups -OCH3 is 1. The second-order valence-corrected chi connectivity index (χ2v) is 6.70. The van der Waals surface area contributed by atoms with Crippen LogP contribution in [0.3, 0.4) is 0 Å². The van der Waals surface area contributed by atoms with E-state index >= 15 is 0 Å². The van der Waals surface area contributed by atoms with Crippen molar-refractivity contribution in [3.05, 3.63) is 60.0 Å². The van der Waals surface area contributed by atoms with Crippen molar-refractivity contribution in [2.45, 2.75) is 25.2 Å². The summed E-state index contributed by atoms with van der Waals surface area (Å²) in [5.74, 6) is 2.55. The molecule has 0 aliphatic carbocycles. The van der Waals surface area contributed by atoms with Crippen LogP contribution in [0.15, 0.2) is 48.7 Å². The fraction of sp³-hybridized carbons (Fsp3) is 0.400. The minimum Gasteiger partial charge on any atom is -0.497 e. The maximum atomic E-state index is 5.22. The molecule has 1 aromatic carbocycles. The minimum atomic E-state index is 0.509. The molecule has 5 heteroatoms. The predicted octanol–water partition coefficient (Wildman–Crippen LogP) is 3.16. The van der Waals surface area contributed by atoms with Crippen molar-refractivity contribution in [2.75, 3.05) is 26.7 Å². The molecule has 0 unspecified atom stereocenters. The fourth-order valence-electron chi connectivity index (χ4n) is 3.63. The van der Waals surface area contributed by atoms with E-state index < -0.39 is 0 Å². The van der Waals surface area contributed by atoms with E-state index in [1.807, 2.05) is 30.3 Å². The SMILES string of the molecule is COc1ccc(CCN2CCC(c3nnc4ccccn34)CC2)cc1. The first-order chi connectivity index (χ1) is 12.3. The summed E-state index contributed by atoms with van der Waals surface area (Å²) in [7, 11) is 1.71. The molecule has 130 valence electrons. The molecule has 0 radical (unpaired) electrons. The lowest BCUT2D eigenvalue weighted by Crippen LogP contribution is -2.34. The third-order valence-corrected chi connectivity index (χ3v) is 5.17. The summed E-state index contributed by atoms with van der Waals surface area (Å²) in [5.41, 5.74) is 2.31. The lowest BCUT2D eigenvalue weighted by molar-refractivity contribution is 0.211. The summed E-state index contributed by atoms with van der Waals surface area (Å²) in [6, 6.07) is 14.5. The van der Waals surface area contributed by atoms with Crippen LogP contribution in [0.1, 0.15) is 30.1 Å². The summed E-state index contributed by atoms with van der Waals surface area (Å²) in [4.78, 5) is 2.56. The Balaban J connectivity index is 1.32. The monoisotopic (exact) mass is 336 g/mol. The zero-order chi connectivity index (χ0) is 17.1. The molecule has 3 heterocycles. The first-order valence-corrected chi connectivity index (χ1v) is 8.98. The normalized spacial score (nSPS) is 16.4. The first-order valence-electron chi connectivity index (χ1n) is 8.98. The zero-order valence-electron chi connectivity index (χ0n) is 14.6. The molecule has 0 bridgehead atoms. The second kappa shape index (κ2) is 7.23. The van der Waals surface area contributed by atoms with Gasteiger partial charge in [0.2, 0.25) is 0 Å². The number of nitrogens with zero attached hydrogens (tertiary/aromatic N) is 4. The molecule has 0 N–H and O–H groups in total. The van der Waals surface area contributed by atoms with Crippen LogP contribution in [0.2, 0.25) is 0 Å². The molecular formula is C20H24N4O. The number of hydrogen-bond donors (Lipinski definition) is 0. The number of rotatable bonds is 5. The van der Waals surface area contributed by atoms with Gasteiger partial charge in [-0.3, -0.25) is 4.40 Å². The highest BCUT2D eigenvalue weighted by atomic mass is 16.5. The molecule has 1 aliphatic heterocycles. The van der Waals surface area contributed by atoms with E-state index in [0.717, 1.165) is 56.1 Å². The highest BCUT2D eigenvalue weighted by Gasteiger charge is 2.24. The number of benzene rings is 1. The molecule has 4 rings (SSSR count). The van der Waals surface area contributed by atoms with Crippen molar-refractivity contribution in [3.63, 3.8) is 0 Å². The van der Waals surface area contributed by atoms with Gasteiger partial charge in [0.25, 0.3) is 0 Å². The van der Waals surface area contributed by atoms with Gasteiger partial charge in [-0.15, -0.1) is 10.2 Å². The number of hydrogen-bond acceptors (Lipinski definition) is 4. The lowest BCUT2D eigenvalue weighted by Gasteiger charge is -2.31. The van der Waals surface area contributed by atoms with Crippen molar-refractivity contribution in [3.8, 4) is 5.75 Å². The van der Waals surface area contributed by atoms with Crippen molar-refractivity contribution in [1.82, 2.24) is 19.5 Å². The van der Waals surface area contributed by atoms with E-state index in [-0.39, 0.29) is 0 Å². The van der Waals surface area contributed by atoms with Gasteiger partial charge in [0.1, 0.15) is 11.6 Å². The van der Waals surface area contributed by atoms with Crippen LogP contribution in [0, 0.1) is 0 Å². The van der Waals surface area contributed by atoms with E-state index in [0.29, 0.717) is 5.92 Å². The van der Waals surface area contributed by atoms with E-state index in [1.54, 1.807) is 7.11 Å². The number of likely N-dealkylation sites (tertiary alicyclic amines) is 1. The average Bonchev–Trinajstić information content (AvgIpc) is 3.11. The Labute approximate surface area is 148 Å². The molecule has 1 saturated heterocycles. The molecule has 0 atom stereocenters. The lowest BCUT2D eigenvalue weighted by atomic mass is 9.95. The van der Waals surface area contributed by atoms with Crippen molar-refractivity contribution < 1.29 is 4.74 Å². The molecule has 0 amide bonds. The molecule has 25 heavy (non-hydrogen) atoms. The van der Waals surface area contributed by atoms with E-state index in [2.05, 4.69) is 37.8 Å². The number of ether oxygens (including phenoxy) is 1. The Bertz CT molecular complexity index is 819. The third-order valence-electron chi connectivity index (χ3n) is 5.17. The topological polar surface area (TPSA) is 42.7 Å². The number of fused-ring (bicyclic) bond motifs is 1. The van der Waals surface area contributed by atoms with Crippen LogP contribution < -0.4 is 4.74 Å². The molecular weight excluding hydrogens is 312 g/mol. The second-order valence-electron chi connectivity index (χ2n) is 6.70. The van der Waals surface area contributed by atoms with Crippen LogP contribution >= 0.6 is 0 Å². The smallest absolute Gasteiger partial charge is 0.160 e. The molecule has 1 fully saturated rings. The van der Waals surface area contributed by atoms with Crippen molar-refractivity contribution in [1.29, 1.82) is 0 Å².